The molecule has 0 radical (unpaired) electrons. The average Bonchev–Trinajstić information content (AvgIpc) is 2.76. The second-order valence-electron chi connectivity index (χ2n) is 7.40. The van der Waals surface area contributed by atoms with Crippen LogP contribution in [0.4, 0.5) is 18.9 Å². The molecule has 0 fully saturated rings. The van der Waals surface area contributed by atoms with Crippen LogP contribution in [0.2, 0.25) is 5.02 Å². The largest absolute Gasteiger partial charge is 0.407 e. The summed E-state index contributed by atoms with van der Waals surface area (Å²) in [5.74, 6) is 0. The molecule has 0 unspecified atom stereocenters. The molecule has 2 atom stereocenters. The number of para-hydroxylation sites is 1. The number of hydrogen-bond acceptors (Lipinski definition) is 3. The van der Waals surface area contributed by atoms with Gasteiger partial charge in [0.2, 0.25) is 10.0 Å². The van der Waals surface area contributed by atoms with Crippen molar-refractivity contribution in [1.29, 1.82) is 0 Å². The highest BCUT2D eigenvalue weighted by Crippen LogP contribution is 2.27. The topological polar surface area (TPSA) is 58.2 Å². The van der Waals surface area contributed by atoms with Gasteiger partial charge in [0.25, 0.3) is 0 Å². The van der Waals surface area contributed by atoms with E-state index in [2.05, 4.69) is 5.32 Å². The zero-order chi connectivity index (χ0) is 24.1. The van der Waals surface area contributed by atoms with Gasteiger partial charge in [-0.2, -0.15) is 17.9 Å². The Balaban J connectivity index is 1.98. The minimum atomic E-state index is -4.88. The third-order valence-electron chi connectivity index (χ3n) is 4.80. The summed E-state index contributed by atoms with van der Waals surface area (Å²) in [6.07, 6.45) is -2.11. The van der Waals surface area contributed by atoms with Gasteiger partial charge in [0.1, 0.15) is 6.04 Å². The number of nitrogens with one attached hydrogen (secondary N) is 2. The maximum Gasteiger partial charge on any atom is 0.407 e. The maximum absolute atomic E-state index is 14.1. The first-order valence-corrected chi connectivity index (χ1v) is 11.8. The minimum Gasteiger partial charge on any atom is -0.377 e. The van der Waals surface area contributed by atoms with Gasteiger partial charge in [0.05, 0.1) is 10.9 Å². The van der Waals surface area contributed by atoms with Gasteiger partial charge in [0.15, 0.2) is 0 Å². The van der Waals surface area contributed by atoms with E-state index >= 15 is 0 Å². The van der Waals surface area contributed by atoms with E-state index in [1.165, 1.54) is 36.4 Å². The standard InChI is InChI=1S/C24H22ClF3N2O2S/c1-17-7-14-21(15-8-17)33(31,32)30-23(24(26,27)28)22(29-20-5-3-2-4-6-20)16-11-18-9-12-19(25)13-10-18/h2-16,22-23,29-30H,1H3/b16-11+/t22-,23+/m0/s1. The lowest BCUT2D eigenvalue weighted by Gasteiger charge is -2.29. The minimum absolute atomic E-state index is 0.248. The Labute approximate surface area is 196 Å². The van der Waals surface area contributed by atoms with Gasteiger partial charge in [0, 0.05) is 10.7 Å². The number of benzene rings is 3. The van der Waals surface area contributed by atoms with Crippen molar-refractivity contribution in [2.45, 2.75) is 30.1 Å². The number of anilines is 1. The summed E-state index contributed by atoms with van der Waals surface area (Å²) in [6.45, 7) is 1.75. The fourth-order valence-corrected chi connectivity index (χ4v) is 4.43. The fraction of sp³-hybridized carbons (Fsp3) is 0.167. The Morgan fingerprint density at radius 3 is 2.09 bits per heavy atom. The van der Waals surface area contributed by atoms with Crippen LogP contribution in [0.5, 0.6) is 0 Å². The van der Waals surface area contributed by atoms with Crippen LogP contribution in [0, 0.1) is 6.92 Å². The SMILES string of the molecule is Cc1ccc(S(=O)(=O)N[C@H]([C@H](/C=C/c2ccc(Cl)cc2)Nc2ccccc2)C(F)(F)F)cc1. The Morgan fingerprint density at radius 2 is 1.52 bits per heavy atom. The monoisotopic (exact) mass is 494 g/mol. The van der Waals surface area contributed by atoms with Gasteiger partial charge in [-0.05, 0) is 48.9 Å². The van der Waals surface area contributed by atoms with Crippen molar-refractivity contribution in [2.24, 2.45) is 0 Å². The van der Waals surface area contributed by atoms with Gasteiger partial charge in [-0.25, -0.2) is 8.42 Å². The Hall–Kier alpha value is -2.81. The molecular weight excluding hydrogens is 473 g/mol. The molecule has 0 saturated carbocycles. The molecule has 4 nitrogen and oxygen atoms in total. The number of aryl methyl sites for hydroxylation is 1. The molecule has 0 heterocycles. The molecule has 0 bridgehead atoms. The van der Waals surface area contributed by atoms with E-state index in [0.29, 0.717) is 16.3 Å². The van der Waals surface area contributed by atoms with E-state index in [0.717, 1.165) is 5.56 Å². The van der Waals surface area contributed by atoms with Crippen molar-refractivity contribution in [1.82, 2.24) is 4.72 Å². The van der Waals surface area contributed by atoms with Gasteiger partial charge >= 0.3 is 6.18 Å². The van der Waals surface area contributed by atoms with Crippen LogP contribution in [0.15, 0.2) is 89.8 Å². The number of halogens is 4. The maximum atomic E-state index is 14.1. The Morgan fingerprint density at radius 1 is 0.909 bits per heavy atom. The summed E-state index contributed by atoms with van der Waals surface area (Å²) in [5, 5.41) is 3.28. The lowest BCUT2D eigenvalue weighted by molar-refractivity contribution is -0.152. The number of hydrogen-bond donors (Lipinski definition) is 2. The van der Waals surface area contributed by atoms with Crippen molar-refractivity contribution in [2.75, 3.05) is 5.32 Å². The quantitative estimate of drug-likeness (QED) is 0.400. The van der Waals surface area contributed by atoms with Crippen molar-refractivity contribution in [3.63, 3.8) is 0 Å². The van der Waals surface area contributed by atoms with Crippen molar-refractivity contribution in [3.8, 4) is 0 Å². The average molecular weight is 495 g/mol. The highest BCUT2D eigenvalue weighted by molar-refractivity contribution is 7.89. The van der Waals surface area contributed by atoms with Crippen LogP contribution in [-0.4, -0.2) is 26.7 Å². The molecular formula is C24H22ClF3N2O2S. The Kier molecular flexibility index (Phi) is 7.84. The third-order valence-corrected chi connectivity index (χ3v) is 6.51. The second kappa shape index (κ2) is 10.4. The first-order valence-electron chi connectivity index (χ1n) is 9.96. The van der Waals surface area contributed by atoms with Crippen molar-refractivity contribution < 1.29 is 21.6 Å². The smallest absolute Gasteiger partial charge is 0.377 e. The second-order valence-corrected chi connectivity index (χ2v) is 9.55. The zero-order valence-corrected chi connectivity index (χ0v) is 19.1. The van der Waals surface area contributed by atoms with Crippen LogP contribution in [0.1, 0.15) is 11.1 Å². The van der Waals surface area contributed by atoms with Crippen LogP contribution >= 0.6 is 11.6 Å². The van der Waals surface area contributed by atoms with Gasteiger partial charge in [-0.15, -0.1) is 0 Å². The highest BCUT2D eigenvalue weighted by atomic mass is 35.5. The van der Waals surface area contributed by atoms with Crippen molar-refractivity contribution in [3.05, 3.63) is 101 Å². The predicted molar refractivity (Wildman–Crippen MR) is 126 cm³/mol. The number of alkyl halides is 3. The number of sulfonamides is 1. The fourth-order valence-electron chi connectivity index (χ4n) is 3.05. The predicted octanol–water partition coefficient (Wildman–Crippen LogP) is 6.05. The lowest BCUT2D eigenvalue weighted by Crippen LogP contribution is -2.54. The van der Waals surface area contributed by atoms with Crippen LogP contribution < -0.4 is 10.0 Å². The molecule has 0 aliphatic rings. The van der Waals surface area contributed by atoms with E-state index in [1.807, 2.05) is 4.72 Å². The summed E-state index contributed by atoms with van der Waals surface area (Å²) < 4.78 is 69.9. The van der Waals surface area contributed by atoms with Crippen molar-refractivity contribution >= 4 is 33.4 Å². The molecule has 0 aromatic heterocycles. The highest BCUT2D eigenvalue weighted by Gasteiger charge is 2.46. The molecule has 2 N–H and O–H groups in total. The van der Waals surface area contributed by atoms with Gasteiger partial charge < -0.3 is 5.32 Å². The molecule has 0 spiro atoms. The molecule has 9 heteroatoms. The number of rotatable bonds is 8. The lowest BCUT2D eigenvalue weighted by atomic mass is 10.1. The molecule has 0 aliphatic heterocycles. The molecule has 33 heavy (non-hydrogen) atoms. The summed E-state index contributed by atoms with van der Waals surface area (Å²) in [6, 6.07) is 16.5. The van der Waals surface area contributed by atoms with E-state index in [4.69, 9.17) is 11.6 Å². The molecule has 0 amide bonds. The van der Waals surface area contributed by atoms with Gasteiger partial charge in [-0.1, -0.05) is 71.8 Å². The summed E-state index contributed by atoms with van der Waals surface area (Å²) in [5.41, 5.74) is 1.81. The summed E-state index contributed by atoms with van der Waals surface area (Å²) >= 11 is 5.87. The van der Waals surface area contributed by atoms with Crippen LogP contribution in [0.3, 0.4) is 0 Å². The Bertz CT molecular complexity index is 1180. The van der Waals surface area contributed by atoms with Gasteiger partial charge in [-0.3, -0.25) is 0 Å². The van der Waals surface area contributed by atoms with E-state index in [1.54, 1.807) is 61.5 Å². The first-order chi connectivity index (χ1) is 15.5. The molecule has 3 aromatic rings. The summed E-state index contributed by atoms with van der Waals surface area (Å²) in [4.78, 5) is -0.248. The summed E-state index contributed by atoms with van der Waals surface area (Å²) in [7, 11) is -4.45. The third kappa shape index (κ3) is 7.08. The van der Waals surface area contributed by atoms with E-state index in [9.17, 15) is 21.6 Å². The van der Waals surface area contributed by atoms with Crippen LogP contribution in [-0.2, 0) is 10.0 Å². The molecule has 3 aromatic carbocycles. The normalized spacial score (nSPS) is 14.2. The van der Waals surface area contributed by atoms with Crippen LogP contribution in [0.25, 0.3) is 6.08 Å². The molecule has 0 aliphatic carbocycles. The first kappa shape index (κ1) is 24.8. The zero-order valence-electron chi connectivity index (χ0n) is 17.6. The molecule has 0 saturated heterocycles. The molecule has 3 rings (SSSR count). The van der Waals surface area contributed by atoms with E-state index in [-0.39, 0.29) is 4.90 Å². The van der Waals surface area contributed by atoms with E-state index < -0.39 is 28.3 Å². The molecule has 174 valence electrons.